The normalized spacial score (nSPS) is 17.1. The molecule has 0 bridgehead atoms. The highest BCUT2D eigenvalue weighted by atomic mass is 19.1. The van der Waals surface area contributed by atoms with Crippen LogP contribution in [0.1, 0.15) is 33.6 Å². The van der Waals surface area contributed by atoms with Crippen LogP contribution in [0.25, 0.3) is 0 Å². The molecule has 1 saturated heterocycles. The number of likely N-dealkylation sites (tertiary alicyclic amines) is 1. The molecule has 0 unspecified atom stereocenters. The summed E-state index contributed by atoms with van der Waals surface area (Å²) in [6.07, 6.45) is 2.47. The molecule has 0 saturated carbocycles. The average Bonchev–Trinajstić information content (AvgIpc) is 2.52. The van der Waals surface area contributed by atoms with Gasteiger partial charge in [0.2, 0.25) is 5.95 Å². The van der Waals surface area contributed by atoms with Crippen molar-refractivity contribution in [3.8, 4) is 0 Å². The van der Waals surface area contributed by atoms with E-state index in [1.165, 1.54) is 17.3 Å². The van der Waals surface area contributed by atoms with E-state index in [1.807, 2.05) is 0 Å². The lowest BCUT2D eigenvalue weighted by Crippen LogP contribution is -2.48. The van der Waals surface area contributed by atoms with Crippen LogP contribution >= 0.6 is 0 Å². The molecule has 0 atom stereocenters. The molecule has 1 aliphatic heterocycles. The smallest absolute Gasteiger partial charge is 0.444 e. The van der Waals surface area contributed by atoms with E-state index in [1.54, 1.807) is 20.8 Å². The summed E-state index contributed by atoms with van der Waals surface area (Å²) in [7, 11) is -1.64. The molecular formula is C15H24BFN4O4. The predicted molar refractivity (Wildman–Crippen MR) is 91.2 cm³/mol. The molecule has 138 valence electrons. The van der Waals surface area contributed by atoms with Gasteiger partial charge in [-0.2, -0.15) is 0 Å². The van der Waals surface area contributed by atoms with Gasteiger partial charge in [-0.3, -0.25) is 0 Å². The van der Waals surface area contributed by atoms with Gasteiger partial charge >= 0.3 is 13.2 Å². The number of carbonyl (C=O) groups is 1. The number of anilines is 1. The Labute approximate surface area is 146 Å². The van der Waals surface area contributed by atoms with Crippen LogP contribution in [0.4, 0.5) is 15.1 Å². The maximum atomic E-state index is 14.9. The van der Waals surface area contributed by atoms with Crippen molar-refractivity contribution in [2.45, 2.75) is 44.9 Å². The lowest BCUT2D eigenvalue weighted by Gasteiger charge is -2.37. The van der Waals surface area contributed by atoms with Crippen molar-refractivity contribution < 1.29 is 24.0 Å². The van der Waals surface area contributed by atoms with Gasteiger partial charge in [-0.05, 0) is 20.8 Å². The van der Waals surface area contributed by atoms with Crippen LogP contribution < -0.4 is 10.8 Å². The third-order valence-corrected chi connectivity index (χ3v) is 3.84. The zero-order chi connectivity index (χ0) is 18.7. The highest BCUT2D eigenvalue weighted by Crippen LogP contribution is 2.27. The Morgan fingerprint density at radius 3 is 2.40 bits per heavy atom. The number of hydrogen-bond acceptors (Lipinski definition) is 7. The second-order valence-corrected chi connectivity index (χ2v) is 7.19. The molecule has 0 aromatic carbocycles. The molecule has 0 aliphatic carbocycles. The van der Waals surface area contributed by atoms with E-state index in [-0.39, 0.29) is 43.9 Å². The van der Waals surface area contributed by atoms with Gasteiger partial charge in [-0.15, -0.1) is 0 Å². The van der Waals surface area contributed by atoms with Crippen molar-refractivity contribution in [1.82, 2.24) is 14.9 Å². The van der Waals surface area contributed by atoms with E-state index in [2.05, 4.69) is 15.3 Å². The number of nitrogens with zero attached hydrogens (tertiary/aromatic N) is 3. The van der Waals surface area contributed by atoms with Crippen molar-refractivity contribution in [2.75, 3.05) is 25.0 Å². The summed E-state index contributed by atoms with van der Waals surface area (Å²) in [6, 6.07) is 0. The molecule has 10 heteroatoms. The quantitative estimate of drug-likeness (QED) is 0.668. The van der Waals surface area contributed by atoms with E-state index >= 15 is 0 Å². The second kappa shape index (κ2) is 7.53. The second-order valence-electron chi connectivity index (χ2n) is 7.19. The third-order valence-electron chi connectivity index (χ3n) is 3.84. The largest absolute Gasteiger partial charge is 0.491 e. The number of alkyl halides is 1. The van der Waals surface area contributed by atoms with Gasteiger partial charge in [-0.25, -0.2) is 19.2 Å². The van der Waals surface area contributed by atoms with Crippen molar-refractivity contribution in [3.63, 3.8) is 0 Å². The first-order chi connectivity index (χ1) is 11.6. The van der Waals surface area contributed by atoms with Crippen LogP contribution in [-0.4, -0.2) is 69.0 Å². The highest BCUT2D eigenvalue weighted by molar-refractivity contribution is 6.58. The Bertz CT molecular complexity index is 586. The first kappa shape index (κ1) is 19.4. The van der Waals surface area contributed by atoms with Crippen LogP contribution in [0.3, 0.4) is 0 Å². The van der Waals surface area contributed by atoms with E-state index in [4.69, 9.17) is 14.8 Å². The molecule has 3 N–H and O–H groups in total. The zero-order valence-electron chi connectivity index (χ0n) is 14.7. The first-order valence-electron chi connectivity index (χ1n) is 8.17. The van der Waals surface area contributed by atoms with Gasteiger partial charge in [0, 0.05) is 43.8 Å². The summed E-state index contributed by atoms with van der Waals surface area (Å²) in [5.74, 6) is 0.205. The number of rotatable bonds is 4. The summed E-state index contributed by atoms with van der Waals surface area (Å²) in [5, 5.41) is 20.8. The number of aromatic nitrogens is 2. The molecule has 1 aliphatic rings. The molecule has 2 rings (SSSR count). The van der Waals surface area contributed by atoms with E-state index < -0.39 is 24.5 Å². The van der Waals surface area contributed by atoms with E-state index in [9.17, 15) is 9.18 Å². The number of halogens is 1. The molecular weight excluding hydrogens is 330 g/mol. The molecule has 2 heterocycles. The van der Waals surface area contributed by atoms with Gasteiger partial charge in [0.1, 0.15) is 11.3 Å². The van der Waals surface area contributed by atoms with Gasteiger partial charge in [0.15, 0.2) is 0 Å². The van der Waals surface area contributed by atoms with Gasteiger partial charge in [0.25, 0.3) is 0 Å². The maximum absolute atomic E-state index is 14.9. The molecule has 8 nitrogen and oxygen atoms in total. The standard InChI is InChI=1S/C15H24BFN4O4/c1-14(2,3)25-13(22)21-6-4-15(17,5-7-21)10-20-12-18-8-11(9-19-12)16(23)24/h8-9,23-24H,4-7,10H2,1-3H3,(H,18,19,20). The lowest BCUT2D eigenvalue weighted by atomic mass is 9.83. The SMILES string of the molecule is CC(C)(C)OC(=O)N1CCC(F)(CNc2ncc(B(O)O)cn2)CC1. The van der Waals surface area contributed by atoms with E-state index in [0.717, 1.165) is 0 Å². The molecule has 1 aromatic heterocycles. The Morgan fingerprint density at radius 2 is 1.92 bits per heavy atom. The third kappa shape index (κ3) is 5.82. The van der Waals surface area contributed by atoms with Gasteiger partial charge in [-0.1, -0.05) is 0 Å². The summed E-state index contributed by atoms with van der Waals surface area (Å²) in [6.45, 7) is 5.95. The fraction of sp³-hybridized carbons (Fsp3) is 0.667. The van der Waals surface area contributed by atoms with Crippen molar-refractivity contribution in [1.29, 1.82) is 0 Å². The lowest BCUT2D eigenvalue weighted by molar-refractivity contribution is 0.00573. The number of carbonyl (C=O) groups excluding carboxylic acids is 1. The minimum Gasteiger partial charge on any atom is -0.444 e. The average molecular weight is 354 g/mol. The van der Waals surface area contributed by atoms with Crippen LogP contribution in [0.15, 0.2) is 12.4 Å². The maximum Gasteiger partial charge on any atom is 0.491 e. The molecule has 0 spiro atoms. The number of amides is 1. The van der Waals surface area contributed by atoms with Crippen LogP contribution in [0, 0.1) is 0 Å². The van der Waals surface area contributed by atoms with Gasteiger partial charge in [0.05, 0.1) is 6.54 Å². The Morgan fingerprint density at radius 1 is 1.36 bits per heavy atom. The zero-order valence-corrected chi connectivity index (χ0v) is 14.7. The minimum absolute atomic E-state index is 0.0101. The molecule has 1 aromatic rings. The predicted octanol–water partition coefficient (Wildman–Crippen LogP) is 0.308. The van der Waals surface area contributed by atoms with Crippen LogP contribution in [0.2, 0.25) is 0 Å². The molecule has 0 radical (unpaired) electrons. The van der Waals surface area contributed by atoms with Crippen molar-refractivity contribution >= 4 is 24.6 Å². The molecule has 1 fully saturated rings. The Kier molecular flexibility index (Phi) is 5.84. The summed E-state index contributed by atoms with van der Waals surface area (Å²) < 4.78 is 20.2. The monoisotopic (exact) mass is 354 g/mol. The fourth-order valence-corrected chi connectivity index (χ4v) is 2.39. The summed E-state index contributed by atoms with van der Waals surface area (Å²) >= 11 is 0. The Hall–Kier alpha value is -1.94. The fourth-order valence-electron chi connectivity index (χ4n) is 2.39. The summed E-state index contributed by atoms with van der Waals surface area (Å²) in [4.78, 5) is 21.3. The number of piperidine rings is 1. The molecule has 1 amide bonds. The Balaban J connectivity index is 1.83. The molecule has 25 heavy (non-hydrogen) atoms. The first-order valence-corrected chi connectivity index (χ1v) is 8.17. The highest BCUT2D eigenvalue weighted by Gasteiger charge is 2.37. The van der Waals surface area contributed by atoms with Crippen LogP contribution in [-0.2, 0) is 4.74 Å². The number of nitrogens with one attached hydrogen (secondary N) is 1. The minimum atomic E-state index is -1.64. The number of ether oxygens (including phenoxy) is 1. The topological polar surface area (TPSA) is 108 Å². The van der Waals surface area contributed by atoms with E-state index in [0.29, 0.717) is 0 Å². The van der Waals surface area contributed by atoms with Crippen molar-refractivity contribution in [2.24, 2.45) is 0 Å². The van der Waals surface area contributed by atoms with Gasteiger partial charge < -0.3 is 25.0 Å². The van der Waals surface area contributed by atoms with Crippen LogP contribution in [0.5, 0.6) is 0 Å². The van der Waals surface area contributed by atoms with Crippen molar-refractivity contribution in [3.05, 3.63) is 12.4 Å². The summed E-state index contributed by atoms with van der Waals surface area (Å²) in [5.41, 5.74) is -1.89. The number of hydrogen-bond donors (Lipinski definition) is 3.